The van der Waals surface area contributed by atoms with Crippen molar-refractivity contribution in [3.63, 3.8) is 0 Å². The van der Waals surface area contributed by atoms with Crippen LogP contribution in [0.3, 0.4) is 0 Å². The summed E-state index contributed by atoms with van der Waals surface area (Å²) in [5.41, 5.74) is 5.91. The second-order valence-corrected chi connectivity index (χ2v) is 5.92. The van der Waals surface area contributed by atoms with Gasteiger partial charge in [0, 0.05) is 18.0 Å². The van der Waals surface area contributed by atoms with E-state index in [1.165, 1.54) is 11.3 Å². The average Bonchev–Trinajstić information content (AvgIpc) is 2.69. The van der Waals surface area contributed by atoms with Crippen molar-refractivity contribution in [2.24, 2.45) is 5.92 Å². The number of hydrogen-bond acceptors (Lipinski definition) is 5. The summed E-state index contributed by atoms with van der Waals surface area (Å²) >= 11 is 1.28. The van der Waals surface area contributed by atoms with Crippen LogP contribution in [0, 0.1) is 5.92 Å². The fraction of sp³-hybridized carbons (Fsp3) is 0.667. The Kier molecular flexibility index (Phi) is 5.55. The van der Waals surface area contributed by atoms with Crippen LogP contribution in [0.5, 0.6) is 0 Å². The zero-order chi connectivity index (χ0) is 13.7. The lowest BCUT2D eigenvalue weighted by molar-refractivity contribution is 0.0934. The molecular formula is C12H22N4OS. The molecule has 1 unspecified atom stereocenters. The van der Waals surface area contributed by atoms with E-state index in [0.29, 0.717) is 29.3 Å². The Balaban J connectivity index is 2.49. The van der Waals surface area contributed by atoms with Gasteiger partial charge in [0.2, 0.25) is 0 Å². The highest BCUT2D eigenvalue weighted by Crippen LogP contribution is 2.11. The van der Waals surface area contributed by atoms with Crippen molar-refractivity contribution >= 4 is 22.4 Å². The highest BCUT2D eigenvalue weighted by Gasteiger charge is 2.16. The summed E-state index contributed by atoms with van der Waals surface area (Å²) in [6.07, 6.45) is 1.05. The summed E-state index contributed by atoms with van der Waals surface area (Å²) in [7, 11) is 4.06. The van der Waals surface area contributed by atoms with Crippen molar-refractivity contribution in [2.45, 2.75) is 26.3 Å². The maximum Gasteiger partial charge on any atom is 0.270 e. The molecule has 0 spiro atoms. The van der Waals surface area contributed by atoms with Crippen LogP contribution in [0.25, 0.3) is 0 Å². The summed E-state index contributed by atoms with van der Waals surface area (Å²) < 4.78 is 0. The number of nitrogen functional groups attached to an aromatic ring is 1. The third-order valence-corrected chi connectivity index (χ3v) is 3.40. The summed E-state index contributed by atoms with van der Waals surface area (Å²) in [4.78, 5) is 17.9. The quantitative estimate of drug-likeness (QED) is 0.820. The van der Waals surface area contributed by atoms with Crippen molar-refractivity contribution < 1.29 is 4.79 Å². The minimum absolute atomic E-state index is 0.154. The molecule has 1 atom stereocenters. The monoisotopic (exact) mass is 270 g/mol. The molecule has 3 N–H and O–H groups in total. The van der Waals surface area contributed by atoms with Crippen LogP contribution in [-0.2, 0) is 0 Å². The molecule has 1 heterocycles. The van der Waals surface area contributed by atoms with Crippen molar-refractivity contribution in [2.75, 3.05) is 26.4 Å². The Morgan fingerprint density at radius 2 is 2.22 bits per heavy atom. The van der Waals surface area contributed by atoms with Gasteiger partial charge < -0.3 is 16.0 Å². The van der Waals surface area contributed by atoms with Gasteiger partial charge in [-0.1, -0.05) is 13.8 Å². The lowest BCUT2D eigenvalue weighted by atomic mass is 10.0. The average molecular weight is 270 g/mol. The third kappa shape index (κ3) is 4.62. The molecule has 1 rings (SSSR count). The molecule has 1 amide bonds. The predicted molar refractivity (Wildman–Crippen MR) is 75.8 cm³/mol. The first-order valence-electron chi connectivity index (χ1n) is 6.05. The van der Waals surface area contributed by atoms with E-state index in [2.05, 4.69) is 29.0 Å². The van der Waals surface area contributed by atoms with Gasteiger partial charge in [-0.3, -0.25) is 4.79 Å². The highest BCUT2D eigenvalue weighted by atomic mass is 32.1. The van der Waals surface area contributed by atoms with Crippen molar-refractivity contribution in [1.82, 2.24) is 15.2 Å². The van der Waals surface area contributed by atoms with Crippen LogP contribution in [-0.4, -0.2) is 42.5 Å². The summed E-state index contributed by atoms with van der Waals surface area (Å²) in [5.74, 6) is 0.447. The number of nitrogens with one attached hydrogen (secondary N) is 1. The number of carbonyl (C=O) groups is 1. The molecule has 1 aromatic heterocycles. The Morgan fingerprint density at radius 3 is 2.67 bits per heavy atom. The van der Waals surface area contributed by atoms with E-state index >= 15 is 0 Å². The van der Waals surface area contributed by atoms with E-state index in [-0.39, 0.29) is 5.91 Å². The number of nitrogens with zero attached hydrogens (tertiary/aromatic N) is 2. The zero-order valence-corrected chi connectivity index (χ0v) is 12.3. The smallest absolute Gasteiger partial charge is 0.270 e. The van der Waals surface area contributed by atoms with Crippen LogP contribution in [0.4, 0.5) is 5.13 Å². The fourth-order valence-electron chi connectivity index (χ4n) is 1.71. The molecule has 0 aliphatic heterocycles. The SMILES string of the molecule is CC(C)CC(CNC(=O)c1csc(N)n1)N(C)C. The molecule has 0 bridgehead atoms. The molecule has 0 saturated carbocycles. The van der Waals surface area contributed by atoms with Crippen LogP contribution in [0.15, 0.2) is 5.38 Å². The first-order valence-corrected chi connectivity index (χ1v) is 6.93. The molecule has 0 aliphatic rings. The van der Waals surface area contributed by atoms with Gasteiger partial charge in [-0.25, -0.2) is 4.98 Å². The normalized spacial score (nSPS) is 13.0. The molecule has 0 fully saturated rings. The van der Waals surface area contributed by atoms with Gasteiger partial charge in [0.1, 0.15) is 5.69 Å². The second kappa shape index (κ2) is 6.70. The van der Waals surface area contributed by atoms with E-state index in [4.69, 9.17) is 5.73 Å². The predicted octanol–water partition coefficient (Wildman–Crippen LogP) is 1.43. The van der Waals surface area contributed by atoms with Crippen LogP contribution in [0.1, 0.15) is 30.8 Å². The van der Waals surface area contributed by atoms with Gasteiger partial charge in [0.25, 0.3) is 5.91 Å². The number of carbonyl (C=O) groups excluding carboxylic acids is 1. The molecule has 0 aliphatic carbocycles. The zero-order valence-electron chi connectivity index (χ0n) is 11.4. The van der Waals surface area contributed by atoms with Gasteiger partial charge in [-0.15, -0.1) is 11.3 Å². The van der Waals surface area contributed by atoms with Crippen LogP contribution < -0.4 is 11.1 Å². The number of nitrogens with two attached hydrogens (primary N) is 1. The first kappa shape index (κ1) is 14.9. The molecule has 5 nitrogen and oxygen atoms in total. The van der Waals surface area contributed by atoms with E-state index < -0.39 is 0 Å². The molecule has 0 radical (unpaired) electrons. The Hall–Kier alpha value is -1.14. The Bertz CT molecular complexity index is 389. The molecule has 18 heavy (non-hydrogen) atoms. The third-order valence-electron chi connectivity index (χ3n) is 2.73. The second-order valence-electron chi connectivity index (χ2n) is 5.03. The highest BCUT2D eigenvalue weighted by molar-refractivity contribution is 7.13. The van der Waals surface area contributed by atoms with Crippen LogP contribution >= 0.6 is 11.3 Å². The summed E-state index contributed by atoms with van der Waals surface area (Å²) in [5, 5.41) is 5.01. The number of anilines is 1. The van der Waals surface area contributed by atoms with Crippen LogP contribution in [0.2, 0.25) is 0 Å². The standard InChI is InChI=1S/C12H22N4OS/c1-8(2)5-9(16(3)4)6-14-11(17)10-7-18-12(13)15-10/h7-9H,5-6H2,1-4H3,(H2,13,15)(H,14,17). The van der Waals surface area contributed by atoms with E-state index in [0.717, 1.165) is 6.42 Å². The summed E-state index contributed by atoms with van der Waals surface area (Å²) in [6, 6.07) is 0.338. The van der Waals surface area contributed by atoms with Crippen molar-refractivity contribution in [3.05, 3.63) is 11.1 Å². The first-order chi connectivity index (χ1) is 8.40. The number of likely N-dealkylation sites (N-methyl/N-ethyl adjacent to an activating group) is 1. The van der Waals surface area contributed by atoms with Crippen molar-refractivity contribution in [3.8, 4) is 0 Å². The van der Waals surface area contributed by atoms with Gasteiger partial charge >= 0.3 is 0 Å². The lowest BCUT2D eigenvalue weighted by Crippen LogP contribution is -2.41. The fourth-order valence-corrected chi connectivity index (χ4v) is 2.26. The number of hydrogen-bond donors (Lipinski definition) is 2. The lowest BCUT2D eigenvalue weighted by Gasteiger charge is -2.26. The van der Waals surface area contributed by atoms with E-state index in [1.807, 2.05) is 14.1 Å². The largest absolute Gasteiger partial charge is 0.375 e. The number of rotatable bonds is 6. The maximum atomic E-state index is 11.8. The molecular weight excluding hydrogens is 248 g/mol. The topological polar surface area (TPSA) is 71.2 Å². The molecule has 6 heteroatoms. The van der Waals surface area contributed by atoms with Gasteiger partial charge in [0.15, 0.2) is 5.13 Å². The van der Waals surface area contributed by atoms with E-state index in [9.17, 15) is 4.79 Å². The number of aromatic nitrogens is 1. The number of thiazole rings is 1. The number of amides is 1. The Morgan fingerprint density at radius 1 is 1.56 bits per heavy atom. The minimum atomic E-state index is -0.154. The molecule has 0 aromatic carbocycles. The maximum absolute atomic E-state index is 11.8. The van der Waals surface area contributed by atoms with Gasteiger partial charge in [-0.05, 0) is 26.4 Å². The molecule has 0 saturated heterocycles. The minimum Gasteiger partial charge on any atom is -0.375 e. The molecule has 1 aromatic rings. The van der Waals surface area contributed by atoms with Crippen molar-refractivity contribution in [1.29, 1.82) is 0 Å². The van der Waals surface area contributed by atoms with Gasteiger partial charge in [0.05, 0.1) is 0 Å². The Labute approximate surface area is 112 Å². The molecule has 102 valence electrons. The summed E-state index contributed by atoms with van der Waals surface area (Å²) in [6.45, 7) is 4.99. The van der Waals surface area contributed by atoms with Gasteiger partial charge in [-0.2, -0.15) is 0 Å². The van der Waals surface area contributed by atoms with E-state index in [1.54, 1.807) is 5.38 Å².